The molecule has 7 nitrogen and oxygen atoms in total. The molecule has 1 heterocycles. The summed E-state index contributed by atoms with van der Waals surface area (Å²) in [5.41, 5.74) is -0.337. The number of rotatable bonds is 15. The van der Waals surface area contributed by atoms with Crippen LogP contribution in [0.2, 0.25) is 10.0 Å². The van der Waals surface area contributed by atoms with Crippen molar-refractivity contribution in [3.63, 3.8) is 0 Å². The number of ether oxygens (including phenoxy) is 1. The molecule has 3 N–H and O–H groups in total. The lowest BCUT2D eigenvalue weighted by atomic mass is 9.85. The van der Waals surface area contributed by atoms with Gasteiger partial charge < -0.3 is 25.0 Å². The molecule has 0 bridgehead atoms. The van der Waals surface area contributed by atoms with E-state index in [1.54, 1.807) is 12.1 Å². The van der Waals surface area contributed by atoms with Crippen LogP contribution < -0.4 is 0 Å². The molecule has 0 aliphatic heterocycles. The molecule has 0 unspecified atom stereocenters. The van der Waals surface area contributed by atoms with Crippen molar-refractivity contribution in [1.82, 2.24) is 4.90 Å². The lowest BCUT2D eigenvalue weighted by Crippen LogP contribution is -2.59. The number of halogens is 3. The summed E-state index contributed by atoms with van der Waals surface area (Å²) in [6.45, 7) is 2.20. The lowest BCUT2D eigenvalue weighted by Gasteiger charge is -2.40. The summed E-state index contributed by atoms with van der Waals surface area (Å²) in [6, 6.07) is 9.11. The van der Waals surface area contributed by atoms with E-state index in [1.807, 2.05) is 25.1 Å². The largest absolute Gasteiger partial charge is 0.459 e. The van der Waals surface area contributed by atoms with E-state index >= 15 is 0 Å². The van der Waals surface area contributed by atoms with E-state index in [0.717, 1.165) is 42.5 Å². The molecular formula is C30H40Cl3NO6S. The number of aliphatic hydroxyl groups is 3. The monoisotopic (exact) mass is 647 g/mol. The van der Waals surface area contributed by atoms with Crippen LogP contribution in [0.25, 0.3) is 0 Å². The number of hydrogen-bond acceptors (Lipinski definition) is 7. The molecule has 0 radical (unpaired) electrons. The van der Waals surface area contributed by atoms with Gasteiger partial charge in [-0.25, -0.2) is 4.79 Å². The first-order valence-corrected chi connectivity index (χ1v) is 16.1. The summed E-state index contributed by atoms with van der Waals surface area (Å²) < 4.78 is 5.47. The molecule has 1 aliphatic rings. The van der Waals surface area contributed by atoms with Crippen LogP contribution in [0, 0.1) is 11.8 Å². The standard InChI is InChI=1S/C30H40Cl3NO6S/c1-3-11-34(19(2)37)30(16-35,17-36)18-40-29(39)28-10-8-23(41-28)5-4-6-24-25(27(38)15-26(24)33)9-7-20-12-21(31)14-22(32)13-20/h8,10,12-14,24-27,35-36,38H,3-7,9,11,15-18H2,1-2H3/t24-,25-,26-,27-/m1/s1. The van der Waals surface area contributed by atoms with Gasteiger partial charge in [0.05, 0.1) is 19.3 Å². The average Bonchev–Trinajstić information content (AvgIpc) is 3.50. The molecule has 4 atom stereocenters. The van der Waals surface area contributed by atoms with Gasteiger partial charge in [0.1, 0.15) is 17.0 Å². The van der Waals surface area contributed by atoms with Crippen LogP contribution in [0.3, 0.4) is 0 Å². The van der Waals surface area contributed by atoms with Gasteiger partial charge in [-0.1, -0.05) is 30.1 Å². The molecule has 1 amide bonds. The normalized spacial score (nSPS) is 20.8. The van der Waals surface area contributed by atoms with Crippen LogP contribution in [-0.4, -0.2) is 75.5 Å². The zero-order valence-electron chi connectivity index (χ0n) is 23.5. The number of amides is 1. The second-order valence-corrected chi connectivity index (χ2v) is 13.5. The molecule has 1 saturated carbocycles. The van der Waals surface area contributed by atoms with E-state index < -0.39 is 30.8 Å². The van der Waals surface area contributed by atoms with Crippen molar-refractivity contribution >= 4 is 58.0 Å². The third-order valence-corrected chi connectivity index (χ3v) is 10.0. The Morgan fingerprint density at radius 3 is 2.37 bits per heavy atom. The fraction of sp³-hybridized carbons (Fsp3) is 0.600. The van der Waals surface area contributed by atoms with E-state index in [2.05, 4.69) is 0 Å². The molecule has 2 aromatic rings. The number of aryl methyl sites for hydroxylation is 2. The maximum atomic E-state index is 12.8. The van der Waals surface area contributed by atoms with Crippen LogP contribution in [0.4, 0.5) is 0 Å². The van der Waals surface area contributed by atoms with Crippen LogP contribution in [-0.2, 0) is 22.4 Å². The van der Waals surface area contributed by atoms with Crippen LogP contribution >= 0.6 is 46.1 Å². The predicted octanol–water partition coefficient (Wildman–Crippen LogP) is 5.75. The average molecular weight is 649 g/mol. The van der Waals surface area contributed by atoms with Crippen LogP contribution in [0.5, 0.6) is 0 Å². The topological polar surface area (TPSA) is 107 Å². The Kier molecular flexibility index (Phi) is 13.2. The van der Waals surface area contributed by atoms with Crippen molar-refractivity contribution < 1.29 is 29.6 Å². The zero-order chi connectivity index (χ0) is 30.2. The molecular weight excluding hydrogens is 609 g/mol. The minimum Gasteiger partial charge on any atom is -0.459 e. The van der Waals surface area contributed by atoms with E-state index in [-0.39, 0.29) is 29.7 Å². The van der Waals surface area contributed by atoms with E-state index in [9.17, 15) is 24.9 Å². The van der Waals surface area contributed by atoms with Crippen LogP contribution in [0.15, 0.2) is 30.3 Å². The van der Waals surface area contributed by atoms with Gasteiger partial charge in [0.25, 0.3) is 0 Å². The molecule has 1 fully saturated rings. The Morgan fingerprint density at radius 2 is 1.76 bits per heavy atom. The lowest BCUT2D eigenvalue weighted by molar-refractivity contribution is -0.143. The molecule has 1 aliphatic carbocycles. The van der Waals surface area contributed by atoms with Crippen molar-refractivity contribution in [3.05, 3.63) is 55.7 Å². The Morgan fingerprint density at radius 1 is 1.07 bits per heavy atom. The third-order valence-electron chi connectivity index (χ3n) is 7.95. The van der Waals surface area contributed by atoms with Gasteiger partial charge in [-0.2, -0.15) is 0 Å². The van der Waals surface area contributed by atoms with Crippen molar-refractivity contribution in [2.45, 2.75) is 75.8 Å². The van der Waals surface area contributed by atoms with Gasteiger partial charge in [-0.3, -0.25) is 4.79 Å². The summed E-state index contributed by atoms with van der Waals surface area (Å²) in [5.74, 6) is -0.601. The molecule has 1 aromatic heterocycles. The Hall–Kier alpha value is -1.39. The smallest absolute Gasteiger partial charge is 0.348 e. The molecule has 0 spiro atoms. The highest BCUT2D eigenvalue weighted by atomic mass is 35.5. The molecule has 41 heavy (non-hydrogen) atoms. The minimum atomic E-state index is -1.38. The molecule has 0 saturated heterocycles. The summed E-state index contributed by atoms with van der Waals surface area (Å²) in [4.78, 5) is 27.7. The second-order valence-electron chi connectivity index (χ2n) is 10.9. The number of carbonyl (C=O) groups excluding carboxylic acids is 2. The summed E-state index contributed by atoms with van der Waals surface area (Å²) >= 11 is 20.3. The number of hydrogen-bond donors (Lipinski definition) is 3. The number of benzene rings is 1. The molecule has 3 rings (SSSR count). The van der Waals surface area contributed by atoms with Crippen molar-refractivity contribution in [3.8, 4) is 0 Å². The number of thiophene rings is 1. The van der Waals surface area contributed by atoms with Gasteiger partial charge in [-0.05, 0) is 92.7 Å². The number of alkyl halides is 1. The number of carbonyl (C=O) groups is 2. The maximum absolute atomic E-state index is 12.8. The molecule has 1 aromatic carbocycles. The summed E-state index contributed by atoms with van der Waals surface area (Å²) in [7, 11) is 0. The minimum absolute atomic E-state index is 0.0877. The van der Waals surface area contributed by atoms with Gasteiger partial charge in [0.2, 0.25) is 5.91 Å². The van der Waals surface area contributed by atoms with Crippen molar-refractivity contribution in [2.24, 2.45) is 11.8 Å². The zero-order valence-corrected chi connectivity index (χ0v) is 26.6. The highest BCUT2D eigenvalue weighted by molar-refractivity contribution is 7.13. The highest BCUT2D eigenvalue weighted by Gasteiger charge is 2.41. The van der Waals surface area contributed by atoms with Crippen molar-refractivity contribution in [1.29, 1.82) is 0 Å². The van der Waals surface area contributed by atoms with E-state index in [0.29, 0.717) is 34.3 Å². The summed E-state index contributed by atoms with van der Waals surface area (Å²) in [5, 5.41) is 31.8. The van der Waals surface area contributed by atoms with Gasteiger partial charge in [0.15, 0.2) is 0 Å². The quantitative estimate of drug-likeness (QED) is 0.168. The van der Waals surface area contributed by atoms with Gasteiger partial charge in [0, 0.05) is 33.8 Å². The Bertz CT molecular complexity index is 1140. The third kappa shape index (κ3) is 9.05. The summed E-state index contributed by atoms with van der Waals surface area (Å²) in [6.07, 6.45) is 4.79. The first kappa shape index (κ1) is 34.1. The number of aliphatic hydroxyl groups excluding tert-OH is 3. The highest BCUT2D eigenvalue weighted by Crippen LogP contribution is 2.42. The van der Waals surface area contributed by atoms with Crippen LogP contribution in [0.1, 0.15) is 66.1 Å². The van der Waals surface area contributed by atoms with Crippen molar-refractivity contribution in [2.75, 3.05) is 26.4 Å². The number of esters is 1. The van der Waals surface area contributed by atoms with Gasteiger partial charge >= 0.3 is 5.97 Å². The first-order valence-electron chi connectivity index (χ1n) is 14.1. The van der Waals surface area contributed by atoms with E-state index in [4.69, 9.17) is 39.5 Å². The Balaban J connectivity index is 1.54. The fourth-order valence-corrected chi connectivity index (χ4v) is 7.78. The fourth-order valence-electron chi connectivity index (χ4n) is 5.77. The maximum Gasteiger partial charge on any atom is 0.348 e. The second kappa shape index (κ2) is 15.9. The molecule has 11 heteroatoms. The first-order chi connectivity index (χ1) is 19.5. The van der Waals surface area contributed by atoms with Gasteiger partial charge in [-0.15, -0.1) is 22.9 Å². The SMILES string of the molecule is CCCN(C(C)=O)C(CO)(CO)COC(=O)c1ccc(CCC[C@@H]2[C@@H](CCc3cc(Cl)cc(Cl)c3)[C@H](O)C[C@H]2Cl)s1. The van der Waals surface area contributed by atoms with E-state index in [1.165, 1.54) is 23.2 Å². The molecule has 228 valence electrons. The predicted molar refractivity (Wildman–Crippen MR) is 164 cm³/mol. The Labute approximate surface area is 261 Å². The number of nitrogens with zero attached hydrogens (tertiary/aromatic N) is 1.